The van der Waals surface area contributed by atoms with E-state index < -0.39 is 17.1 Å². The van der Waals surface area contributed by atoms with E-state index in [1.807, 2.05) is 24.3 Å². The van der Waals surface area contributed by atoms with E-state index in [0.717, 1.165) is 68.2 Å². The summed E-state index contributed by atoms with van der Waals surface area (Å²) in [6.45, 7) is 3.87. The molecular weight excluding hydrogens is 440 g/mol. The number of aliphatic hydroxyl groups is 1. The van der Waals surface area contributed by atoms with Crippen LogP contribution in [0.2, 0.25) is 0 Å². The van der Waals surface area contributed by atoms with Crippen molar-refractivity contribution >= 4 is 28.6 Å². The summed E-state index contributed by atoms with van der Waals surface area (Å²) in [5.74, 6) is 0.666. The number of imide groups is 1. The highest BCUT2D eigenvalue weighted by Crippen LogP contribution is 2.46. The van der Waals surface area contributed by atoms with E-state index in [9.17, 15) is 18.9 Å². The van der Waals surface area contributed by atoms with Crippen LogP contribution in [0.3, 0.4) is 0 Å². The molecule has 2 unspecified atom stereocenters. The number of fused-ring (bicyclic) bond motifs is 1. The van der Waals surface area contributed by atoms with Crippen LogP contribution in [0.5, 0.6) is 0 Å². The quantitative estimate of drug-likeness (QED) is 0.654. The molecule has 2 atom stereocenters. The van der Waals surface area contributed by atoms with Crippen LogP contribution in [0, 0.1) is 5.41 Å². The van der Waals surface area contributed by atoms with Gasteiger partial charge in [0.05, 0.1) is 11.0 Å². The summed E-state index contributed by atoms with van der Waals surface area (Å²) in [7, 11) is -1.33. The van der Waals surface area contributed by atoms with Gasteiger partial charge in [-0.15, -0.1) is 0 Å². The number of β-amino-alcohol motifs (C(OH)–C–C–N with tert-alkyl or cyclic N) is 1. The van der Waals surface area contributed by atoms with Crippen molar-refractivity contribution < 1.29 is 18.9 Å². The molecule has 0 radical (unpaired) electrons. The van der Waals surface area contributed by atoms with Crippen molar-refractivity contribution in [2.45, 2.75) is 55.9 Å². The van der Waals surface area contributed by atoms with Crippen molar-refractivity contribution in [3.8, 4) is 0 Å². The Morgan fingerprint density at radius 1 is 1.03 bits per heavy atom. The molecule has 2 saturated heterocycles. The Morgan fingerprint density at radius 3 is 2.39 bits per heavy atom. The SMILES string of the molecule is O=C1CC2(CCCC2)CC(=O)N1CCC(O)CN1CCN(C2=NS(=O)c3ccccc32)CC1. The van der Waals surface area contributed by atoms with E-state index in [-0.39, 0.29) is 17.2 Å². The number of hydrogen-bond donors (Lipinski definition) is 1. The van der Waals surface area contributed by atoms with Crippen LogP contribution >= 0.6 is 0 Å². The first-order valence-corrected chi connectivity index (χ1v) is 13.1. The van der Waals surface area contributed by atoms with Crippen molar-refractivity contribution in [2.75, 3.05) is 39.3 Å². The lowest BCUT2D eigenvalue weighted by Crippen LogP contribution is -2.51. The molecule has 3 fully saturated rings. The fourth-order valence-corrected chi connectivity index (χ4v) is 6.79. The maximum Gasteiger partial charge on any atom is 0.229 e. The molecule has 1 N–H and O–H groups in total. The third kappa shape index (κ3) is 4.63. The van der Waals surface area contributed by atoms with Gasteiger partial charge in [0, 0.05) is 57.7 Å². The Bertz CT molecular complexity index is 962. The van der Waals surface area contributed by atoms with Gasteiger partial charge in [0.25, 0.3) is 0 Å². The first-order chi connectivity index (χ1) is 15.9. The minimum atomic E-state index is -1.33. The van der Waals surface area contributed by atoms with Gasteiger partial charge in [-0.3, -0.25) is 19.4 Å². The van der Waals surface area contributed by atoms with Gasteiger partial charge < -0.3 is 10.0 Å². The lowest BCUT2D eigenvalue weighted by Gasteiger charge is -2.38. The topological polar surface area (TPSA) is 93.5 Å². The minimum Gasteiger partial charge on any atom is -0.392 e. The number of nitrogens with zero attached hydrogens (tertiary/aromatic N) is 4. The highest BCUT2D eigenvalue weighted by molar-refractivity contribution is 7.84. The second-order valence-corrected chi connectivity index (χ2v) is 11.0. The second-order valence-electron chi connectivity index (χ2n) is 9.89. The molecule has 3 aliphatic heterocycles. The summed E-state index contributed by atoms with van der Waals surface area (Å²) >= 11 is 0. The number of amidine groups is 1. The standard InChI is InChI=1S/C24H32N4O4S/c29-18(7-10-28-21(30)15-24(16-22(28)31)8-3-4-9-24)17-26-11-13-27(14-12-26)23-19-5-1-2-6-20(19)33(32)25-23/h1-2,5-6,18,29H,3-4,7-17H2. The average Bonchev–Trinajstić information content (AvgIpc) is 3.38. The zero-order chi connectivity index (χ0) is 23.0. The fourth-order valence-electron chi connectivity index (χ4n) is 5.78. The molecule has 8 nitrogen and oxygen atoms in total. The van der Waals surface area contributed by atoms with Crippen molar-refractivity contribution in [1.29, 1.82) is 0 Å². The molecule has 1 aromatic rings. The van der Waals surface area contributed by atoms with Crippen LogP contribution in [-0.4, -0.2) is 87.0 Å². The molecule has 9 heteroatoms. The third-order valence-corrected chi connectivity index (χ3v) is 8.70. The molecule has 1 saturated carbocycles. The molecule has 1 aromatic carbocycles. The van der Waals surface area contributed by atoms with Gasteiger partial charge in [-0.25, -0.2) is 4.21 Å². The van der Waals surface area contributed by atoms with E-state index in [0.29, 0.717) is 32.4 Å². The van der Waals surface area contributed by atoms with Crippen molar-refractivity contribution in [3.05, 3.63) is 29.8 Å². The Labute approximate surface area is 197 Å². The van der Waals surface area contributed by atoms with Crippen LogP contribution in [0.1, 0.15) is 50.5 Å². The third-order valence-electron chi connectivity index (χ3n) is 7.63. The first-order valence-electron chi connectivity index (χ1n) is 12.0. The summed E-state index contributed by atoms with van der Waals surface area (Å²) in [4.78, 5) is 31.7. The van der Waals surface area contributed by atoms with Crippen LogP contribution in [0.15, 0.2) is 33.6 Å². The molecule has 33 heavy (non-hydrogen) atoms. The van der Waals surface area contributed by atoms with Gasteiger partial charge in [0.15, 0.2) is 11.0 Å². The zero-order valence-electron chi connectivity index (χ0n) is 18.9. The van der Waals surface area contributed by atoms with Crippen LogP contribution < -0.4 is 0 Å². The fraction of sp³-hybridized carbons (Fsp3) is 0.625. The number of likely N-dealkylation sites (tertiary alicyclic amines) is 1. The number of aliphatic hydroxyl groups excluding tert-OH is 1. The maximum atomic E-state index is 12.6. The number of hydrogen-bond acceptors (Lipinski definition) is 6. The van der Waals surface area contributed by atoms with Crippen molar-refractivity contribution in [2.24, 2.45) is 9.81 Å². The molecule has 1 spiro atoms. The van der Waals surface area contributed by atoms with Crippen molar-refractivity contribution in [1.82, 2.24) is 14.7 Å². The normalized spacial score (nSPS) is 26.1. The predicted octanol–water partition coefficient (Wildman–Crippen LogP) is 1.55. The Kier molecular flexibility index (Phi) is 6.37. The van der Waals surface area contributed by atoms with E-state index in [4.69, 9.17) is 0 Å². The van der Waals surface area contributed by atoms with Gasteiger partial charge in [0.1, 0.15) is 5.84 Å². The molecule has 1 aliphatic carbocycles. The second kappa shape index (κ2) is 9.27. The summed E-state index contributed by atoms with van der Waals surface area (Å²) in [6, 6.07) is 7.65. The lowest BCUT2D eigenvalue weighted by molar-refractivity contribution is -0.153. The largest absolute Gasteiger partial charge is 0.392 e. The lowest BCUT2D eigenvalue weighted by atomic mass is 9.76. The summed E-state index contributed by atoms with van der Waals surface area (Å²) < 4.78 is 16.6. The molecule has 2 amide bonds. The number of piperidine rings is 1. The van der Waals surface area contributed by atoms with Gasteiger partial charge in [0.2, 0.25) is 11.8 Å². The number of carbonyl (C=O) groups is 2. The smallest absolute Gasteiger partial charge is 0.229 e. The van der Waals surface area contributed by atoms with Gasteiger partial charge >= 0.3 is 0 Å². The molecule has 5 rings (SSSR count). The summed E-state index contributed by atoms with van der Waals surface area (Å²) in [5.41, 5.74) is 0.860. The Hall–Kier alpha value is -2.10. The van der Waals surface area contributed by atoms with E-state index >= 15 is 0 Å². The predicted molar refractivity (Wildman–Crippen MR) is 125 cm³/mol. The van der Waals surface area contributed by atoms with Crippen molar-refractivity contribution in [3.63, 3.8) is 0 Å². The molecule has 0 bridgehead atoms. The summed E-state index contributed by atoms with van der Waals surface area (Å²) in [6.07, 6.45) is 4.99. The van der Waals surface area contributed by atoms with Gasteiger partial charge in [-0.05, 0) is 36.8 Å². The van der Waals surface area contributed by atoms with Crippen LogP contribution in [-0.2, 0) is 20.6 Å². The van der Waals surface area contributed by atoms with Crippen LogP contribution in [0.4, 0.5) is 0 Å². The number of amides is 2. The first kappa shape index (κ1) is 22.7. The Balaban J connectivity index is 1.08. The van der Waals surface area contributed by atoms with E-state index in [1.54, 1.807) is 0 Å². The summed E-state index contributed by atoms with van der Waals surface area (Å²) in [5, 5.41) is 10.6. The van der Waals surface area contributed by atoms with Crippen LogP contribution in [0.25, 0.3) is 0 Å². The van der Waals surface area contributed by atoms with E-state index in [2.05, 4.69) is 14.2 Å². The minimum absolute atomic E-state index is 0.0658. The number of rotatable bonds is 5. The maximum absolute atomic E-state index is 12.6. The molecule has 4 aliphatic rings. The van der Waals surface area contributed by atoms with Gasteiger partial charge in [-0.2, -0.15) is 4.40 Å². The molecule has 178 valence electrons. The number of carbonyl (C=O) groups excluding carboxylic acids is 2. The Morgan fingerprint density at radius 2 is 1.70 bits per heavy atom. The monoisotopic (exact) mass is 472 g/mol. The van der Waals surface area contributed by atoms with Gasteiger partial charge in [-0.1, -0.05) is 25.0 Å². The highest BCUT2D eigenvalue weighted by atomic mass is 32.2. The number of piperazine rings is 1. The average molecular weight is 473 g/mol. The zero-order valence-corrected chi connectivity index (χ0v) is 19.8. The van der Waals surface area contributed by atoms with E-state index in [1.165, 1.54) is 4.90 Å². The highest BCUT2D eigenvalue weighted by Gasteiger charge is 2.45. The number of benzene rings is 1. The molecular formula is C24H32N4O4S. The molecule has 3 heterocycles. The molecule has 0 aromatic heterocycles.